The summed E-state index contributed by atoms with van der Waals surface area (Å²) in [4.78, 5) is 7.33. The van der Waals surface area contributed by atoms with Crippen LogP contribution in [0.5, 0.6) is 5.75 Å². The highest BCUT2D eigenvalue weighted by atomic mass is 16.5. The summed E-state index contributed by atoms with van der Waals surface area (Å²) in [6, 6.07) is 58.6. The third-order valence-electron chi connectivity index (χ3n) is 13.3. The van der Waals surface area contributed by atoms with E-state index in [0.29, 0.717) is 12.6 Å². The molecule has 4 aliphatic heterocycles. The van der Waals surface area contributed by atoms with Crippen LogP contribution in [0.15, 0.2) is 194 Å². The minimum atomic E-state index is -0.529. The second-order valence-corrected chi connectivity index (χ2v) is 16.2. The quantitative estimate of drug-likeness (QED) is 0.172. The molecule has 1 aliphatic carbocycles. The molecule has 274 valence electrons. The molecule has 0 amide bonds. The number of rotatable bonds is 5. The maximum absolute atomic E-state index is 6.56. The third-order valence-corrected chi connectivity index (χ3v) is 13.3. The fourth-order valence-electron chi connectivity index (χ4n) is 10.8. The Morgan fingerprint density at radius 2 is 1.32 bits per heavy atom. The molecule has 6 unspecified atom stereocenters. The summed E-state index contributed by atoms with van der Waals surface area (Å²) in [7, 11) is 0. The van der Waals surface area contributed by atoms with Gasteiger partial charge in [-0.3, -0.25) is 15.2 Å². The molecule has 0 radical (unpaired) electrons. The molecule has 5 heterocycles. The van der Waals surface area contributed by atoms with E-state index in [2.05, 4.69) is 185 Å². The minimum absolute atomic E-state index is 0.0580. The SMILES string of the molecule is CC12C(c3cccc(-c4cccc(-c5ccc6c(c5)C5(C7=C(C=CNC7)Oc7ccncc75)c5ccccc5-6)c4)c3)NC(c3ccccc3)N1C2c1ccccc1. The van der Waals surface area contributed by atoms with Gasteiger partial charge in [0, 0.05) is 36.3 Å². The van der Waals surface area contributed by atoms with Gasteiger partial charge in [-0.1, -0.05) is 133 Å². The van der Waals surface area contributed by atoms with Gasteiger partial charge in [-0.15, -0.1) is 0 Å². The molecule has 5 nitrogen and oxygen atoms in total. The van der Waals surface area contributed by atoms with E-state index in [1.54, 1.807) is 0 Å². The maximum atomic E-state index is 6.56. The summed E-state index contributed by atoms with van der Waals surface area (Å²) in [5.41, 5.74) is 15.6. The van der Waals surface area contributed by atoms with Crippen LogP contribution in [0.3, 0.4) is 0 Å². The normalized spacial score (nSPS) is 25.8. The molecule has 2 saturated heterocycles. The standard InChI is InChI=1S/C52H40N4O/c1-51-48(55-50(34-14-6-3-7-15-34)56(51)49(51)33-12-4-2-5-13-33)39-19-11-18-37(29-39)35-16-10-17-36(28-35)38-22-23-41-40-20-8-9-21-42(40)52(43(41)30-38)44-31-53-26-24-46(44)57-47-25-27-54-32-45(47)52/h2-31,48-50,54-55H,32H2,1H3. The molecule has 57 heavy (non-hydrogen) atoms. The third kappa shape index (κ3) is 4.61. The predicted octanol–water partition coefficient (Wildman–Crippen LogP) is 10.7. The molecule has 6 aromatic carbocycles. The molecule has 0 saturated carbocycles. The van der Waals surface area contributed by atoms with Gasteiger partial charge in [0.1, 0.15) is 11.5 Å². The number of hydrogen-bond acceptors (Lipinski definition) is 5. The molecule has 5 aliphatic rings. The lowest BCUT2D eigenvalue weighted by molar-refractivity contribution is 0.356. The Bertz CT molecular complexity index is 2770. The summed E-state index contributed by atoms with van der Waals surface area (Å²) in [6.07, 6.45) is 8.03. The van der Waals surface area contributed by atoms with E-state index >= 15 is 0 Å². The summed E-state index contributed by atoms with van der Waals surface area (Å²) in [5.74, 6) is 1.77. The van der Waals surface area contributed by atoms with Crippen molar-refractivity contribution in [2.75, 3.05) is 6.54 Å². The van der Waals surface area contributed by atoms with Crippen molar-refractivity contribution in [1.29, 1.82) is 0 Å². The highest BCUT2D eigenvalue weighted by Crippen LogP contribution is 2.67. The Balaban J connectivity index is 0.946. The molecule has 5 heteroatoms. The van der Waals surface area contributed by atoms with Crippen molar-refractivity contribution in [3.8, 4) is 39.1 Å². The lowest BCUT2D eigenvalue weighted by Gasteiger charge is -2.41. The number of allylic oxidation sites excluding steroid dienone is 1. The number of aromatic nitrogens is 1. The van der Waals surface area contributed by atoms with Crippen molar-refractivity contribution in [1.82, 2.24) is 20.5 Å². The van der Waals surface area contributed by atoms with Crippen LogP contribution in [0.1, 0.15) is 58.6 Å². The summed E-state index contributed by atoms with van der Waals surface area (Å²) in [5, 5.41) is 7.57. The average Bonchev–Trinajstić information content (AvgIpc) is 3.63. The fourth-order valence-corrected chi connectivity index (χ4v) is 10.8. The number of hydrogen-bond donors (Lipinski definition) is 2. The van der Waals surface area contributed by atoms with Crippen molar-refractivity contribution in [2.45, 2.75) is 36.1 Å². The Kier molecular flexibility index (Phi) is 7.02. The molecular formula is C52H40N4O. The second-order valence-electron chi connectivity index (χ2n) is 16.2. The molecule has 1 spiro atoms. The van der Waals surface area contributed by atoms with E-state index in [1.807, 2.05) is 24.7 Å². The smallest absolute Gasteiger partial charge is 0.135 e. The lowest BCUT2D eigenvalue weighted by Crippen LogP contribution is -2.39. The first-order chi connectivity index (χ1) is 28.1. The number of benzene rings is 6. The first kappa shape index (κ1) is 32.7. The number of pyridine rings is 1. The van der Waals surface area contributed by atoms with Crippen LogP contribution in [-0.2, 0) is 5.41 Å². The van der Waals surface area contributed by atoms with Crippen molar-refractivity contribution >= 4 is 0 Å². The number of fused-ring (bicyclic) bond motifs is 9. The van der Waals surface area contributed by atoms with Gasteiger partial charge in [0.15, 0.2) is 0 Å². The molecule has 2 N–H and O–H groups in total. The van der Waals surface area contributed by atoms with Gasteiger partial charge in [0.05, 0.1) is 29.2 Å². The molecule has 6 atom stereocenters. The highest BCUT2D eigenvalue weighted by Gasteiger charge is 2.71. The van der Waals surface area contributed by atoms with Crippen LogP contribution in [-0.4, -0.2) is 22.0 Å². The predicted molar refractivity (Wildman–Crippen MR) is 226 cm³/mol. The highest BCUT2D eigenvalue weighted by molar-refractivity contribution is 5.90. The summed E-state index contributed by atoms with van der Waals surface area (Å²) < 4.78 is 6.56. The number of nitrogens with one attached hydrogen (secondary N) is 2. The average molecular weight is 737 g/mol. The number of nitrogens with zero attached hydrogens (tertiary/aromatic N) is 2. The molecule has 1 aromatic heterocycles. The fraction of sp³-hybridized carbons (Fsp3) is 0.135. The van der Waals surface area contributed by atoms with Crippen molar-refractivity contribution in [3.63, 3.8) is 0 Å². The van der Waals surface area contributed by atoms with E-state index in [9.17, 15) is 0 Å². The van der Waals surface area contributed by atoms with Crippen LogP contribution >= 0.6 is 0 Å². The molecule has 12 rings (SSSR count). The molecular weight excluding hydrogens is 697 g/mol. The van der Waals surface area contributed by atoms with Crippen LogP contribution in [0.25, 0.3) is 33.4 Å². The number of ether oxygens (including phenoxy) is 1. The van der Waals surface area contributed by atoms with Gasteiger partial charge < -0.3 is 10.1 Å². The topological polar surface area (TPSA) is 49.2 Å². The van der Waals surface area contributed by atoms with Gasteiger partial charge in [-0.2, -0.15) is 0 Å². The van der Waals surface area contributed by atoms with E-state index < -0.39 is 5.41 Å². The first-order valence-electron chi connectivity index (χ1n) is 20.0. The van der Waals surface area contributed by atoms with Crippen LogP contribution in [0.4, 0.5) is 0 Å². The minimum Gasteiger partial charge on any atom is -0.457 e. The molecule has 2 fully saturated rings. The summed E-state index contributed by atoms with van der Waals surface area (Å²) >= 11 is 0. The lowest BCUT2D eigenvalue weighted by atomic mass is 9.65. The van der Waals surface area contributed by atoms with Gasteiger partial charge in [0.2, 0.25) is 0 Å². The first-order valence-corrected chi connectivity index (χ1v) is 20.0. The molecule has 0 bridgehead atoms. The van der Waals surface area contributed by atoms with Gasteiger partial charge in [-0.05, 0) is 98.5 Å². The Labute approximate surface area is 333 Å². The maximum Gasteiger partial charge on any atom is 0.135 e. The van der Waals surface area contributed by atoms with Crippen LogP contribution in [0, 0.1) is 0 Å². The Hall–Kier alpha value is -6.53. The summed E-state index contributed by atoms with van der Waals surface area (Å²) in [6.45, 7) is 3.12. The van der Waals surface area contributed by atoms with E-state index in [4.69, 9.17) is 4.74 Å². The van der Waals surface area contributed by atoms with Crippen molar-refractivity contribution in [2.24, 2.45) is 0 Å². The zero-order valence-corrected chi connectivity index (χ0v) is 31.6. The van der Waals surface area contributed by atoms with E-state index in [-0.39, 0.29) is 17.7 Å². The Morgan fingerprint density at radius 3 is 2.14 bits per heavy atom. The van der Waals surface area contributed by atoms with Gasteiger partial charge >= 0.3 is 0 Å². The Morgan fingerprint density at radius 1 is 0.632 bits per heavy atom. The largest absolute Gasteiger partial charge is 0.457 e. The van der Waals surface area contributed by atoms with Gasteiger partial charge in [-0.25, -0.2) is 0 Å². The van der Waals surface area contributed by atoms with Crippen LogP contribution in [0.2, 0.25) is 0 Å². The zero-order chi connectivity index (χ0) is 37.7. The van der Waals surface area contributed by atoms with Crippen LogP contribution < -0.4 is 15.4 Å². The van der Waals surface area contributed by atoms with E-state index in [0.717, 1.165) is 17.1 Å². The van der Waals surface area contributed by atoms with Crippen molar-refractivity contribution < 1.29 is 4.74 Å². The monoisotopic (exact) mass is 736 g/mol. The van der Waals surface area contributed by atoms with Crippen molar-refractivity contribution in [3.05, 3.63) is 227 Å². The number of dihydropyridines is 1. The van der Waals surface area contributed by atoms with Gasteiger partial charge in [0.25, 0.3) is 0 Å². The molecule has 7 aromatic rings. The van der Waals surface area contributed by atoms with E-state index in [1.165, 1.54) is 66.8 Å². The zero-order valence-electron chi connectivity index (χ0n) is 31.6. The second kappa shape index (κ2) is 12.2.